The first-order valence-electron chi connectivity index (χ1n) is 6.52. The zero-order valence-corrected chi connectivity index (χ0v) is 10.9. The number of nitrogens with zero attached hydrogens (tertiary/aromatic N) is 2. The Bertz CT molecular complexity index is 329. The number of rotatable bonds is 4. The Hall–Kier alpha value is -0.930. The van der Waals surface area contributed by atoms with Gasteiger partial charge in [0.05, 0.1) is 0 Å². The van der Waals surface area contributed by atoms with E-state index in [2.05, 4.69) is 35.2 Å². The lowest BCUT2D eigenvalue weighted by Gasteiger charge is -2.39. The summed E-state index contributed by atoms with van der Waals surface area (Å²) in [6, 6.07) is 4.18. The lowest BCUT2D eigenvalue weighted by atomic mass is 9.90. The minimum absolute atomic E-state index is 0.352. The fourth-order valence-electron chi connectivity index (χ4n) is 2.35. The number of nitrogens with one attached hydrogen (secondary N) is 1. The molecule has 1 aliphatic rings. The molecule has 94 valence electrons. The predicted molar refractivity (Wildman–Crippen MR) is 71.1 cm³/mol. The van der Waals surface area contributed by atoms with Gasteiger partial charge >= 0.3 is 0 Å². The highest BCUT2D eigenvalue weighted by atomic mass is 15.1. The predicted octanol–water partition coefficient (Wildman–Crippen LogP) is 1.70. The molecule has 0 aliphatic carbocycles. The largest absolute Gasteiger partial charge is 0.314 e. The molecule has 1 fully saturated rings. The first-order valence-corrected chi connectivity index (χ1v) is 6.52. The molecular formula is C14H23N3. The van der Waals surface area contributed by atoms with Crippen LogP contribution < -0.4 is 5.32 Å². The van der Waals surface area contributed by atoms with Crippen LogP contribution in [0.1, 0.15) is 25.3 Å². The summed E-state index contributed by atoms with van der Waals surface area (Å²) in [5.74, 6) is 0. The van der Waals surface area contributed by atoms with E-state index in [1.54, 1.807) is 0 Å². The van der Waals surface area contributed by atoms with Gasteiger partial charge in [0.1, 0.15) is 0 Å². The third kappa shape index (κ3) is 3.51. The summed E-state index contributed by atoms with van der Waals surface area (Å²) in [7, 11) is 2.07. The SMILES string of the molecule is CNC1(C)CCN(CCc2cccnc2)CC1. The van der Waals surface area contributed by atoms with Crippen molar-refractivity contribution >= 4 is 0 Å². The molecule has 0 aromatic carbocycles. The van der Waals surface area contributed by atoms with Crippen LogP contribution in [-0.4, -0.2) is 42.1 Å². The van der Waals surface area contributed by atoms with Crippen LogP contribution in [0.4, 0.5) is 0 Å². The zero-order valence-electron chi connectivity index (χ0n) is 10.9. The molecule has 2 rings (SSSR count). The van der Waals surface area contributed by atoms with Gasteiger partial charge in [-0.1, -0.05) is 6.07 Å². The average Bonchev–Trinajstić information content (AvgIpc) is 2.39. The summed E-state index contributed by atoms with van der Waals surface area (Å²) in [5.41, 5.74) is 1.69. The molecular weight excluding hydrogens is 210 g/mol. The second kappa shape index (κ2) is 5.61. The van der Waals surface area contributed by atoms with Crippen molar-refractivity contribution in [3.05, 3.63) is 30.1 Å². The highest BCUT2D eigenvalue weighted by molar-refractivity contribution is 5.08. The first kappa shape index (κ1) is 12.5. The molecule has 1 aromatic rings. The quantitative estimate of drug-likeness (QED) is 0.858. The van der Waals surface area contributed by atoms with Crippen molar-refractivity contribution < 1.29 is 0 Å². The molecule has 0 spiro atoms. The van der Waals surface area contributed by atoms with Crippen LogP contribution in [0.15, 0.2) is 24.5 Å². The molecule has 3 heteroatoms. The molecule has 17 heavy (non-hydrogen) atoms. The molecule has 1 aliphatic heterocycles. The van der Waals surface area contributed by atoms with E-state index in [1.165, 1.54) is 31.5 Å². The van der Waals surface area contributed by atoms with Gasteiger partial charge in [0, 0.05) is 24.5 Å². The molecule has 0 atom stereocenters. The maximum Gasteiger partial charge on any atom is 0.0300 e. The highest BCUT2D eigenvalue weighted by Gasteiger charge is 2.27. The van der Waals surface area contributed by atoms with E-state index in [0.717, 1.165) is 13.0 Å². The van der Waals surface area contributed by atoms with E-state index in [9.17, 15) is 0 Å². The summed E-state index contributed by atoms with van der Waals surface area (Å²) in [5, 5.41) is 3.44. The smallest absolute Gasteiger partial charge is 0.0300 e. The highest BCUT2D eigenvalue weighted by Crippen LogP contribution is 2.21. The Kier molecular flexibility index (Phi) is 4.13. The molecule has 1 N–H and O–H groups in total. The second-order valence-corrected chi connectivity index (χ2v) is 5.26. The normalized spacial score (nSPS) is 20.4. The number of pyridine rings is 1. The molecule has 1 saturated heterocycles. The van der Waals surface area contributed by atoms with Gasteiger partial charge in [-0.2, -0.15) is 0 Å². The Balaban J connectivity index is 1.75. The zero-order chi connectivity index (χ0) is 12.1. The summed E-state index contributed by atoms with van der Waals surface area (Å²) in [6.07, 6.45) is 7.42. The van der Waals surface area contributed by atoms with Gasteiger partial charge < -0.3 is 10.2 Å². The summed E-state index contributed by atoms with van der Waals surface area (Å²) >= 11 is 0. The van der Waals surface area contributed by atoms with Crippen molar-refractivity contribution in [3.63, 3.8) is 0 Å². The first-order chi connectivity index (χ1) is 8.22. The number of piperidine rings is 1. The lowest BCUT2D eigenvalue weighted by molar-refractivity contribution is 0.153. The monoisotopic (exact) mass is 233 g/mol. The van der Waals surface area contributed by atoms with Gasteiger partial charge in [-0.15, -0.1) is 0 Å². The molecule has 0 saturated carbocycles. The minimum Gasteiger partial charge on any atom is -0.314 e. The van der Waals surface area contributed by atoms with Gasteiger partial charge in [0.2, 0.25) is 0 Å². The Labute approximate surface area is 104 Å². The van der Waals surface area contributed by atoms with E-state index in [4.69, 9.17) is 0 Å². The van der Waals surface area contributed by atoms with Crippen LogP contribution in [0.25, 0.3) is 0 Å². The fraction of sp³-hybridized carbons (Fsp3) is 0.643. The number of aromatic nitrogens is 1. The van der Waals surface area contributed by atoms with Crippen LogP contribution in [0.5, 0.6) is 0 Å². The van der Waals surface area contributed by atoms with E-state index in [1.807, 2.05) is 18.5 Å². The minimum atomic E-state index is 0.352. The second-order valence-electron chi connectivity index (χ2n) is 5.26. The third-order valence-electron chi connectivity index (χ3n) is 4.00. The van der Waals surface area contributed by atoms with Crippen LogP contribution in [0.3, 0.4) is 0 Å². The maximum absolute atomic E-state index is 4.16. The average molecular weight is 233 g/mol. The van der Waals surface area contributed by atoms with E-state index >= 15 is 0 Å². The van der Waals surface area contributed by atoms with Gasteiger partial charge in [-0.25, -0.2) is 0 Å². The molecule has 0 radical (unpaired) electrons. The van der Waals surface area contributed by atoms with Crippen LogP contribution in [0.2, 0.25) is 0 Å². The Morgan fingerprint density at radius 3 is 2.76 bits per heavy atom. The third-order valence-corrected chi connectivity index (χ3v) is 4.00. The van der Waals surface area contributed by atoms with Gasteiger partial charge in [0.15, 0.2) is 0 Å². The van der Waals surface area contributed by atoms with Crippen molar-refractivity contribution in [3.8, 4) is 0 Å². The van der Waals surface area contributed by atoms with Crippen LogP contribution >= 0.6 is 0 Å². The standard InChI is InChI=1S/C14H23N3/c1-14(15-2)6-10-17(11-7-14)9-5-13-4-3-8-16-12-13/h3-4,8,12,15H,5-7,9-11H2,1-2H3. The molecule has 2 heterocycles. The summed E-state index contributed by atoms with van der Waals surface area (Å²) < 4.78 is 0. The van der Waals surface area contributed by atoms with Crippen molar-refractivity contribution in [2.75, 3.05) is 26.7 Å². The van der Waals surface area contributed by atoms with Gasteiger partial charge in [-0.05, 0) is 58.0 Å². The summed E-state index contributed by atoms with van der Waals surface area (Å²) in [6.45, 7) is 5.89. The maximum atomic E-state index is 4.16. The molecule has 0 amide bonds. The number of hydrogen-bond donors (Lipinski definition) is 1. The Morgan fingerprint density at radius 2 is 2.18 bits per heavy atom. The molecule has 0 unspecified atom stereocenters. The van der Waals surface area contributed by atoms with Crippen molar-refractivity contribution in [2.45, 2.75) is 31.7 Å². The van der Waals surface area contributed by atoms with E-state index in [-0.39, 0.29) is 0 Å². The van der Waals surface area contributed by atoms with E-state index < -0.39 is 0 Å². The number of hydrogen-bond acceptors (Lipinski definition) is 3. The van der Waals surface area contributed by atoms with Crippen molar-refractivity contribution in [1.29, 1.82) is 0 Å². The molecule has 3 nitrogen and oxygen atoms in total. The van der Waals surface area contributed by atoms with Gasteiger partial charge in [-0.3, -0.25) is 4.98 Å². The molecule has 0 bridgehead atoms. The topological polar surface area (TPSA) is 28.2 Å². The lowest BCUT2D eigenvalue weighted by Crippen LogP contribution is -2.50. The van der Waals surface area contributed by atoms with E-state index in [0.29, 0.717) is 5.54 Å². The van der Waals surface area contributed by atoms with Crippen molar-refractivity contribution in [2.24, 2.45) is 0 Å². The van der Waals surface area contributed by atoms with Crippen LogP contribution in [-0.2, 0) is 6.42 Å². The summed E-state index contributed by atoms with van der Waals surface area (Å²) in [4.78, 5) is 6.72. The van der Waals surface area contributed by atoms with Gasteiger partial charge in [0.25, 0.3) is 0 Å². The van der Waals surface area contributed by atoms with Crippen molar-refractivity contribution in [1.82, 2.24) is 15.2 Å². The fourth-order valence-corrected chi connectivity index (χ4v) is 2.35. The Morgan fingerprint density at radius 1 is 1.41 bits per heavy atom. The number of likely N-dealkylation sites (tertiary alicyclic amines) is 1. The van der Waals surface area contributed by atoms with Crippen LogP contribution in [0, 0.1) is 0 Å². The molecule has 1 aromatic heterocycles.